The van der Waals surface area contributed by atoms with Crippen molar-refractivity contribution in [2.24, 2.45) is 5.92 Å². The minimum absolute atomic E-state index is 0.742. The lowest BCUT2D eigenvalue weighted by Gasteiger charge is -2.36. The highest BCUT2D eigenvalue weighted by molar-refractivity contribution is 7.12. The van der Waals surface area contributed by atoms with Gasteiger partial charge >= 0.3 is 0 Å². The van der Waals surface area contributed by atoms with Crippen molar-refractivity contribution in [1.82, 2.24) is 10.2 Å². The van der Waals surface area contributed by atoms with Gasteiger partial charge in [-0.15, -0.1) is 11.3 Å². The highest BCUT2D eigenvalue weighted by Crippen LogP contribution is 2.28. The first-order chi connectivity index (χ1) is 9.61. The maximum Gasteiger partial charge on any atom is 0.0302 e. The van der Waals surface area contributed by atoms with Gasteiger partial charge in [-0.05, 0) is 63.6 Å². The Hall–Kier alpha value is -0.380. The Morgan fingerprint density at radius 2 is 2.10 bits per heavy atom. The molecule has 112 valence electrons. The van der Waals surface area contributed by atoms with Crippen molar-refractivity contribution in [3.63, 3.8) is 0 Å². The molecule has 2 heterocycles. The molecule has 3 heteroatoms. The number of likely N-dealkylation sites (tertiary alicyclic amines) is 1. The van der Waals surface area contributed by atoms with Crippen LogP contribution in [0.1, 0.15) is 54.8 Å². The standard InChI is InChI=1S/C17H28N2S/c1-12-6-7-19(13(2)8-12)11-15-9-17(20-14(15)3)10-18-16-4-5-16/h9,12-13,16,18H,4-8,10-11H2,1-3H3. The van der Waals surface area contributed by atoms with Crippen LogP contribution in [-0.2, 0) is 13.1 Å². The zero-order valence-corrected chi connectivity index (χ0v) is 13.9. The van der Waals surface area contributed by atoms with Crippen LogP contribution >= 0.6 is 11.3 Å². The molecule has 1 saturated heterocycles. The molecule has 1 aromatic rings. The molecule has 0 amide bonds. The molecule has 2 fully saturated rings. The van der Waals surface area contributed by atoms with Crippen LogP contribution in [0.25, 0.3) is 0 Å². The van der Waals surface area contributed by atoms with Crippen molar-refractivity contribution in [2.45, 2.75) is 71.6 Å². The van der Waals surface area contributed by atoms with Gasteiger partial charge < -0.3 is 5.32 Å². The molecule has 1 saturated carbocycles. The van der Waals surface area contributed by atoms with Gasteiger partial charge in [-0.25, -0.2) is 0 Å². The van der Waals surface area contributed by atoms with E-state index in [-0.39, 0.29) is 0 Å². The van der Waals surface area contributed by atoms with Gasteiger partial charge in [0, 0.05) is 34.9 Å². The highest BCUT2D eigenvalue weighted by Gasteiger charge is 2.24. The van der Waals surface area contributed by atoms with Gasteiger partial charge in [-0.1, -0.05) is 6.92 Å². The van der Waals surface area contributed by atoms with Crippen LogP contribution in [-0.4, -0.2) is 23.5 Å². The number of nitrogens with zero attached hydrogens (tertiary/aromatic N) is 1. The van der Waals surface area contributed by atoms with E-state index >= 15 is 0 Å². The molecule has 1 aliphatic carbocycles. The molecular weight excluding hydrogens is 264 g/mol. The Morgan fingerprint density at radius 3 is 2.80 bits per heavy atom. The number of hydrogen-bond donors (Lipinski definition) is 1. The van der Waals surface area contributed by atoms with Crippen molar-refractivity contribution < 1.29 is 0 Å². The fraction of sp³-hybridized carbons (Fsp3) is 0.765. The van der Waals surface area contributed by atoms with E-state index in [0.717, 1.165) is 31.1 Å². The SMILES string of the molecule is Cc1sc(CNC2CC2)cc1CN1CCC(C)CC1C. The fourth-order valence-corrected chi connectivity index (χ4v) is 4.28. The molecule has 3 rings (SSSR count). The van der Waals surface area contributed by atoms with E-state index in [1.165, 1.54) is 42.0 Å². The number of nitrogens with one attached hydrogen (secondary N) is 1. The topological polar surface area (TPSA) is 15.3 Å². The molecule has 2 nitrogen and oxygen atoms in total. The van der Waals surface area contributed by atoms with Gasteiger partial charge in [-0.3, -0.25) is 4.90 Å². The number of aryl methyl sites for hydroxylation is 1. The van der Waals surface area contributed by atoms with Crippen molar-refractivity contribution in [1.29, 1.82) is 0 Å². The predicted octanol–water partition coefficient (Wildman–Crippen LogP) is 3.93. The Labute approximate surface area is 127 Å². The summed E-state index contributed by atoms with van der Waals surface area (Å²) in [6.45, 7) is 10.6. The molecule has 2 unspecified atom stereocenters. The zero-order chi connectivity index (χ0) is 14.1. The second kappa shape index (κ2) is 6.17. The summed E-state index contributed by atoms with van der Waals surface area (Å²) in [4.78, 5) is 5.71. The van der Waals surface area contributed by atoms with E-state index < -0.39 is 0 Å². The van der Waals surface area contributed by atoms with Gasteiger partial charge in [0.25, 0.3) is 0 Å². The predicted molar refractivity (Wildman–Crippen MR) is 87.2 cm³/mol. The van der Waals surface area contributed by atoms with Crippen LogP contribution in [0.3, 0.4) is 0 Å². The van der Waals surface area contributed by atoms with E-state index in [1.54, 1.807) is 5.56 Å². The second-order valence-corrected chi connectivity index (χ2v) is 8.24. The quantitative estimate of drug-likeness (QED) is 0.884. The Balaban J connectivity index is 1.58. The van der Waals surface area contributed by atoms with Crippen LogP contribution in [0, 0.1) is 12.8 Å². The van der Waals surface area contributed by atoms with Gasteiger partial charge in [0.15, 0.2) is 0 Å². The number of hydrogen-bond acceptors (Lipinski definition) is 3. The molecule has 0 bridgehead atoms. The molecule has 0 spiro atoms. The van der Waals surface area contributed by atoms with Crippen molar-refractivity contribution in [3.8, 4) is 0 Å². The molecule has 2 atom stereocenters. The summed E-state index contributed by atoms with van der Waals surface area (Å²) in [6, 6.07) is 4.00. The van der Waals surface area contributed by atoms with Gasteiger partial charge in [0.05, 0.1) is 0 Å². The van der Waals surface area contributed by atoms with E-state index in [0.29, 0.717) is 0 Å². The lowest BCUT2D eigenvalue weighted by atomic mass is 9.93. The zero-order valence-electron chi connectivity index (χ0n) is 13.1. The summed E-state index contributed by atoms with van der Waals surface area (Å²) in [5, 5.41) is 3.63. The van der Waals surface area contributed by atoms with E-state index in [1.807, 2.05) is 11.3 Å². The van der Waals surface area contributed by atoms with Gasteiger partial charge in [-0.2, -0.15) is 0 Å². The summed E-state index contributed by atoms with van der Waals surface area (Å²) in [7, 11) is 0. The van der Waals surface area contributed by atoms with Gasteiger partial charge in [0.2, 0.25) is 0 Å². The Kier molecular flexibility index (Phi) is 4.49. The third kappa shape index (κ3) is 3.63. The second-order valence-electron chi connectivity index (χ2n) is 6.90. The Bertz CT molecular complexity index is 450. The smallest absolute Gasteiger partial charge is 0.0302 e. The molecule has 1 aromatic heterocycles. The molecular formula is C17H28N2S. The molecule has 0 aromatic carbocycles. The van der Waals surface area contributed by atoms with Crippen molar-refractivity contribution in [2.75, 3.05) is 6.54 Å². The van der Waals surface area contributed by atoms with Crippen molar-refractivity contribution >= 4 is 11.3 Å². The summed E-state index contributed by atoms with van der Waals surface area (Å²) in [5.41, 5.74) is 1.56. The average Bonchev–Trinajstić information content (AvgIpc) is 3.16. The van der Waals surface area contributed by atoms with Crippen molar-refractivity contribution in [3.05, 3.63) is 21.4 Å². The molecule has 1 aliphatic heterocycles. The van der Waals surface area contributed by atoms with E-state index in [9.17, 15) is 0 Å². The monoisotopic (exact) mass is 292 g/mol. The first-order valence-electron chi connectivity index (χ1n) is 8.17. The fourth-order valence-electron chi connectivity index (χ4n) is 3.27. The number of thiophene rings is 1. The van der Waals surface area contributed by atoms with Crippen LogP contribution in [0.5, 0.6) is 0 Å². The third-order valence-electron chi connectivity index (χ3n) is 4.86. The molecule has 0 radical (unpaired) electrons. The minimum Gasteiger partial charge on any atom is -0.309 e. The first-order valence-corrected chi connectivity index (χ1v) is 8.99. The molecule has 2 aliphatic rings. The maximum atomic E-state index is 3.63. The lowest BCUT2D eigenvalue weighted by molar-refractivity contribution is 0.122. The normalized spacial score (nSPS) is 27.9. The summed E-state index contributed by atoms with van der Waals surface area (Å²) in [5.74, 6) is 0.906. The minimum atomic E-state index is 0.742. The van der Waals surface area contributed by atoms with Crippen LogP contribution in [0.2, 0.25) is 0 Å². The summed E-state index contributed by atoms with van der Waals surface area (Å²) in [6.07, 6.45) is 5.48. The van der Waals surface area contributed by atoms with E-state index in [2.05, 4.69) is 37.1 Å². The van der Waals surface area contributed by atoms with Crippen LogP contribution < -0.4 is 5.32 Å². The van der Waals surface area contributed by atoms with Crippen LogP contribution in [0.15, 0.2) is 6.07 Å². The number of piperidine rings is 1. The summed E-state index contributed by atoms with van der Waals surface area (Å²) < 4.78 is 0. The first kappa shape index (κ1) is 14.6. The molecule has 1 N–H and O–H groups in total. The largest absolute Gasteiger partial charge is 0.309 e. The van der Waals surface area contributed by atoms with Gasteiger partial charge in [0.1, 0.15) is 0 Å². The average molecular weight is 292 g/mol. The lowest BCUT2D eigenvalue weighted by Crippen LogP contribution is -2.39. The summed E-state index contributed by atoms with van der Waals surface area (Å²) >= 11 is 1.99. The molecule has 20 heavy (non-hydrogen) atoms. The number of rotatable bonds is 5. The highest BCUT2D eigenvalue weighted by atomic mass is 32.1. The van der Waals surface area contributed by atoms with E-state index in [4.69, 9.17) is 0 Å². The Morgan fingerprint density at radius 1 is 1.30 bits per heavy atom. The van der Waals surface area contributed by atoms with Crippen LogP contribution in [0.4, 0.5) is 0 Å². The third-order valence-corrected chi connectivity index (χ3v) is 5.96. The maximum absolute atomic E-state index is 3.63.